The van der Waals surface area contributed by atoms with Crippen LogP contribution >= 0.6 is 11.6 Å². The Morgan fingerprint density at radius 1 is 1.32 bits per heavy atom. The lowest BCUT2D eigenvalue weighted by Gasteiger charge is -2.25. The molecule has 0 N–H and O–H groups in total. The SMILES string of the molecule is CN(c1ccc(Cl)cn1)S(=O)(=O)CC1CCCCC1. The van der Waals surface area contributed by atoms with E-state index in [4.69, 9.17) is 11.6 Å². The Hall–Kier alpha value is -0.810. The molecule has 4 nitrogen and oxygen atoms in total. The van der Waals surface area contributed by atoms with Gasteiger partial charge in [0, 0.05) is 13.2 Å². The molecule has 0 aliphatic heterocycles. The van der Waals surface area contributed by atoms with Gasteiger partial charge in [0.15, 0.2) is 0 Å². The highest BCUT2D eigenvalue weighted by molar-refractivity contribution is 7.92. The van der Waals surface area contributed by atoms with Crippen molar-refractivity contribution >= 4 is 27.4 Å². The molecule has 0 aromatic carbocycles. The smallest absolute Gasteiger partial charge is 0.236 e. The number of hydrogen-bond acceptors (Lipinski definition) is 3. The summed E-state index contributed by atoms with van der Waals surface area (Å²) in [6, 6.07) is 3.28. The fourth-order valence-electron chi connectivity index (χ4n) is 2.46. The van der Waals surface area contributed by atoms with E-state index in [1.807, 2.05) is 0 Å². The van der Waals surface area contributed by atoms with Crippen LogP contribution in [-0.4, -0.2) is 26.2 Å². The van der Waals surface area contributed by atoms with E-state index in [0.717, 1.165) is 25.7 Å². The lowest BCUT2D eigenvalue weighted by atomic mass is 9.91. The first-order valence-corrected chi connectivity index (χ1v) is 8.56. The molecule has 0 saturated heterocycles. The molecule has 1 aromatic rings. The van der Waals surface area contributed by atoms with Crippen molar-refractivity contribution < 1.29 is 8.42 Å². The molecule has 1 fully saturated rings. The van der Waals surface area contributed by atoms with Gasteiger partial charge in [-0.25, -0.2) is 13.4 Å². The highest BCUT2D eigenvalue weighted by Gasteiger charge is 2.25. The molecule has 1 aromatic heterocycles. The van der Waals surface area contributed by atoms with Crippen molar-refractivity contribution in [3.8, 4) is 0 Å². The first-order chi connectivity index (χ1) is 8.99. The normalized spacial score (nSPS) is 17.4. The second kappa shape index (κ2) is 6.09. The molecule has 106 valence electrons. The molecule has 1 aliphatic rings. The Morgan fingerprint density at radius 2 is 2.00 bits per heavy atom. The number of aromatic nitrogens is 1. The zero-order valence-corrected chi connectivity index (χ0v) is 12.6. The number of nitrogens with zero attached hydrogens (tertiary/aromatic N) is 2. The maximum atomic E-state index is 12.3. The van der Waals surface area contributed by atoms with Crippen LogP contribution in [0.2, 0.25) is 5.02 Å². The second-order valence-electron chi connectivity index (χ2n) is 5.08. The number of sulfonamides is 1. The molecule has 0 amide bonds. The van der Waals surface area contributed by atoms with Gasteiger partial charge in [0.05, 0.1) is 10.8 Å². The van der Waals surface area contributed by atoms with Crippen molar-refractivity contribution in [1.82, 2.24) is 4.98 Å². The zero-order valence-electron chi connectivity index (χ0n) is 11.0. The lowest BCUT2D eigenvalue weighted by molar-refractivity contribution is 0.385. The fraction of sp³-hybridized carbons (Fsp3) is 0.615. The molecule has 1 heterocycles. The predicted octanol–water partition coefficient (Wildman–Crippen LogP) is 3.08. The van der Waals surface area contributed by atoms with Gasteiger partial charge in [-0.3, -0.25) is 4.31 Å². The Balaban J connectivity index is 2.07. The van der Waals surface area contributed by atoms with E-state index in [2.05, 4.69) is 4.98 Å². The minimum absolute atomic E-state index is 0.216. The standard InChI is InChI=1S/C13H19ClN2O2S/c1-16(13-8-7-12(14)9-15-13)19(17,18)10-11-5-3-2-4-6-11/h7-9,11H,2-6,10H2,1H3. The van der Waals surface area contributed by atoms with Gasteiger partial charge in [-0.2, -0.15) is 0 Å². The molecule has 0 bridgehead atoms. The van der Waals surface area contributed by atoms with E-state index in [1.54, 1.807) is 19.2 Å². The Labute approximate surface area is 119 Å². The molecule has 0 unspecified atom stereocenters. The van der Waals surface area contributed by atoms with Crippen molar-refractivity contribution in [2.45, 2.75) is 32.1 Å². The van der Waals surface area contributed by atoms with E-state index in [0.29, 0.717) is 10.8 Å². The monoisotopic (exact) mass is 302 g/mol. The number of halogens is 1. The predicted molar refractivity (Wildman–Crippen MR) is 78.0 cm³/mol. The molecule has 0 spiro atoms. The highest BCUT2D eigenvalue weighted by atomic mass is 35.5. The summed E-state index contributed by atoms with van der Waals surface area (Å²) in [4.78, 5) is 4.05. The summed E-state index contributed by atoms with van der Waals surface area (Å²) in [6.45, 7) is 0. The maximum Gasteiger partial charge on any atom is 0.236 e. The van der Waals surface area contributed by atoms with Crippen LogP contribution in [0.3, 0.4) is 0 Å². The average molecular weight is 303 g/mol. The van der Waals surface area contributed by atoms with Crippen molar-refractivity contribution in [2.75, 3.05) is 17.1 Å². The van der Waals surface area contributed by atoms with Crippen molar-refractivity contribution in [3.05, 3.63) is 23.4 Å². The van der Waals surface area contributed by atoms with E-state index >= 15 is 0 Å². The van der Waals surface area contributed by atoms with Gasteiger partial charge in [-0.15, -0.1) is 0 Å². The summed E-state index contributed by atoms with van der Waals surface area (Å²) in [5.41, 5.74) is 0. The number of anilines is 1. The van der Waals surface area contributed by atoms with Crippen LogP contribution in [0, 0.1) is 5.92 Å². The average Bonchev–Trinajstić information content (AvgIpc) is 2.39. The first-order valence-electron chi connectivity index (χ1n) is 6.57. The fourth-order valence-corrected chi connectivity index (χ4v) is 4.12. The topological polar surface area (TPSA) is 50.3 Å². The largest absolute Gasteiger partial charge is 0.257 e. The summed E-state index contributed by atoms with van der Waals surface area (Å²) in [7, 11) is -1.75. The van der Waals surface area contributed by atoms with Gasteiger partial charge >= 0.3 is 0 Å². The van der Waals surface area contributed by atoms with Crippen molar-refractivity contribution in [3.63, 3.8) is 0 Å². The summed E-state index contributed by atoms with van der Waals surface area (Å²) in [6.07, 6.45) is 7.00. The second-order valence-corrected chi connectivity index (χ2v) is 7.57. The number of rotatable bonds is 4. The van der Waals surface area contributed by atoms with Crippen LogP contribution < -0.4 is 4.31 Å². The van der Waals surface area contributed by atoms with Gasteiger partial charge in [0.25, 0.3) is 0 Å². The summed E-state index contributed by atoms with van der Waals surface area (Å²) in [5, 5.41) is 0.502. The van der Waals surface area contributed by atoms with Crippen LogP contribution in [0.5, 0.6) is 0 Å². The van der Waals surface area contributed by atoms with Crippen LogP contribution in [0.4, 0.5) is 5.82 Å². The Morgan fingerprint density at radius 3 is 2.58 bits per heavy atom. The Kier molecular flexibility index (Phi) is 4.68. The molecule has 1 saturated carbocycles. The molecule has 6 heteroatoms. The quantitative estimate of drug-likeness (QED) is 0.859. The van der Waals surface area contributed by atoms with Crippen LogP contribution in [0.25, 0.3) is 0 Å². The minimum atomic E-state index is -3.30. The molecule has 2 rings (SSSR count). The molecule has 19 heavy (non-hydrogen) atoms. The molecule has 0 atom stereocenters. The van der Waals surface area contributed by atoms with Gasteiger partial charge in [-0.05, 0) is 30.9 Å². The molecule has 0 radical (unpaired) electrons. The van der Waals surface area contributed by atoms with E-state index in [9.17, 15) is 8.42 Å². The summed E-state index contributed by atoms with van der Waals surface area (Å²) in [5.74, 6) is 0.919. The highest BCUT2D eigenvalue weighted by Crippen LogP contribution is 2.26. The van der Waals surface area contributed by atoms with Crippen molar-refractivity contribution in [1.29, 1.82) is 0 Å². The third kappa shape index (κ3) is 3.83. The van der Waals surface area contributed by atoms with E-state index < -0.39 is 10.0 Å². The lowest BCUT2D eigenvalue weighted by Crippen LogP contribution is -2.33. The minimum Gasteiger partial charge on any atom is -0.257 e. The van der Waals surface area contributed by atoms with Crippen molar-refractivity contribution in [2.24, 2.45) is 5.92 Å². The van der Waals surface area contributed by atoms with Gasteiger partial charge in [-0.1, -0.05) is 30.9 Å². The third-order valence-electron chi connectivity index (χ3n) is 3.62. The summed E-state index contributed by atoms with van der Waals surface area (Å²) >= 11 is 5.76. The van der Waals surface area contributed by atoms with E-state index in [-0.39, 0.29) is 11.7 Å². The maximum absolute atomic E-state index is 12.3. The number of pyridine rings is 1. The van der Waals surface area contributed by atoms with Crippen LogP contribution in [-0.2, 0) is 10.0 Å². The van der Waals surface area contributed by atoms with E-state index in [1.165, 1.54) is 16.9 Å². The third-order valence-corrected chi connectivity index (χ3v) is 5.76. The van der Waals surface area contributed by atoms with Crippen LogP contribution in [0.1, 0.15) is 32.1 Å². The number of hydrogen-bond donors (Lipinski definition) is 0. The molecular formula is C13H19ClN2O2S. The van der Waals surface area contributed by atoms with Gasteiger partial charge < -0.3 is 0 Å². The zero-order chi connectivity index (χ0) is 13.9. The van der Waals surface area contributed by atoms with Gasteiger partial charge in [0.2, 0.25) is 10.0 Å². The first kappa shape index (κ1) is 14.6. The van der Waals surface area contributed by atoms with Crippen LogP contribution in [0.15, 0.2) is 18.3 Å². The summed E-state index contributed by atoms with van der Waals surface area (Å²) < 4.78 is 25.9. The molecule has 1 aliphatic carbocycles. The molecular weight excluding hydrogens is 284 g/mol. The Bertz CT molecular complexity index is 510. The van der Waals surface area contributed by atoms with Gasteiger partial charge in [0.1, 0.15) is 5.82 Å².